The molecule has 0 saturated heterocycles. The summed E-state index contributed by atoms with van der Waals surface area (Å²) in [6.07, 6.45) is -3.03. The van der Waals surface area contributed by atoms with Gasteiger partial charge in [0.15, 0.2) is 5.58 Å². The Hall–Kier alpha value is -1.69. The lowest BCUT2D eigenvalue weighted by Gasteiger charge is -2.10. The summed E-state index contributed by atoms with van der Waals surface area (Å²) in [5.74, 6) is 0.278. The molecule has 1 aromatic heterocycles. The fourth-order valence-electron chi connectivity index (χ4n) is 1.77. The van der Waals surface area contributed by atoms with Gasteiger partial charge in [-0.3, -0.25) is 0 Å². The molecule has 0 bridgehead atoms. The minimum Gasteiger partial charge on any atom is -0.492 e. The van der Waals surface area contributed by atoms with Crippen molar-refractivity contribution in [2.24, 2.45) is 0 Å². The number of ether oxygens (including phenoxy) is 1. The van der Waals surface area contributed by atoms with E-state index in [4.69, 9.17) is 20.8 Å². The monoisotopic (exact) mass is 320 g/mol. The Kier molecular flexibility index (Phi) is 4.46. The second-order valence-electron chi connectivity index (χ2n) is 4.44. The third-order valence-electron chi connectivity index (χ3n) is 2.87. The number of fused-ring (bicyclic) bond motifs is 1. The first-order chi connectivity index (χ1) is 9.84. The molecule has 0 N–H and O–H groups in total. The van der Waals surface area contributed by atoms with Gasteiger partial charge in [-0.2, -0.15) is 13.2 Å². The van der Waals surface area contributed by atoms with Gasteiger partial charge in [0.05, 0.1) is 6.61 Å². The molecule has 0 radical (unpaired) electrons. The van der Waals surface area contributed by atoms with E-state index >= 15 is 0 Å². The van der Waals surface area contributed by atoms with Gasteiger partial charge in [0.1, 0.15) is 16.3 Å². The van der Waals surface area contributed by atoms with Gasteiger partial charge in [-0.15, -0.1) is 0 Å². The average Bonchev–Trinajstić information content (AvgIpc) is 2.40. The molecule has 3 nitrogen and oxygen atoms in total. The Morgan fingerprint density at radius 3 is 2.67 bits per heavy atom. The number of rotatable bonds is 4. The van der Waals surface area contributed by atoms with E-state index < -0.39 is 17.4 Å². The van der Waals surface area contributed by atoms with Gasteiger partial charge in [0, 0.05) is 5.39 Å². The number of benzene rings is 1. The van der Waals surface area contributed by atoms with E-state index in [0.717, 1.165) is 18.9 Å². The molecular formula is C14H12ClF3O3. The number of unbranched alkanes of at least 4 members (excludes halogenated alkanes) is 1. The summed E-state index contributed by atoms with van der Waals surface area (Å²) in [5.41, 5.74) is -2.93. The maximum absolute atomic E-state index is 12.6. The smallest absolute Gasteiger partial charge is 0.423 e. The average molecular weight is 321 g/mol. The first kappa shape index (κ1) is 15.7. The van der Waals surface area contributed by atoms with Crippen molar-refractivity contribution in [3.05, 3.63) is 39.2 Å². The minimum atomic E-state index is -4.77. The second kappa shape index (κ2) is 5.97. The molecule has 1 heterocycles. The van der Waals surface area contributed by atoms with Gasteiger partial charge in [-0.1, -0.05) is 24.9 Å². The summed E-state index contributed by atoms with van der Waals surface area (Å²) in [6.45, 7) is 2.41. The summed E-state index contributed by atoms with van der Waals surface area (Å²) in [6, 6.07) is 3.56. The van der Waals surface area contributed by atoms with Crippen molar-refractivity contribution in [2.75, 3.05) is 6.61 Å². The highest BCUT2D eigenvalue weighted by Gasteiger charge is 2.35. The maximum atomic E-state index is 12.6. The van der Waals surface area contributed by atoms with Gasteiger partial charge >= 0.3 is 11.8 Å². The van der Waals surface area contributed by atoms with E-state index in [-0.39, 0.29) is 21.7 Å². The Balaban J connectivity index is 2.49. The zero-order valence-electron chi connectivity index (χ0n) is 11.1. The van der Waals surface area contributed by atoms with Crippen LogP contribution in [0.3, 0.4) is 0 Å². The van der Waals surface area contributed by atoms with Crippen molar-refractivity contribution in [3.63, 3.8) is 0 Å². The minimum absolute atomic E-state index is 0.00516. The predicted molar refractivity (Wildman–Crippen MR) is 72.9 cm³/mol. The molecule has 7 heteroatoms. The topological polar surface area (TPSA) is 39.4 Å². The number of hydrogen-bond donors (Lipinski definition) is 0. The van der Waals surface area contributed by atoms with E-state index in [9.17, 15) is 18.0 Å². The van der Waals surface area contributed by atoms with E-state index in [2.05, 4.69) is 0 Å². The highest BCUT2D eigenvalue weighted by Crippen LogP contribution is 2.35. The SMILES string of the molecule is CCCCOc1ccc2cc(C(F)(F)F)c(=O)oc2c1Cl. The molecule has 0 aliphatic rings. The van der Waals surface area contributed by atoms with Crippen molar-refractivity contribution >= 4 is 22.6 Å². The van der Waals surface area contributed by atoms with Crippen LogP contribution in [0, 0.1) is 0 Å². The largest absolute Gasteiger partial charge is 0.492 e. The molecule has 0 aliphatic heterocycles. The van der Waals surface area contributed by atoms with Crippen LogP contribution in [0.1, 0.15) is 25.3 Å². The van der Waals surface area contributed by atoms with Crippen LogP contribution >= 0.6 is 11.6 Å². The molecule has 2 rings (SSSR count). The van der Waals surface area contributed by atoms with Crippen molar-refractivity contribution in [1.82, 2.24) is 0 Å². The third kappa shape index (κ3) is 3.32. The molecule has 0 fully saturated rings. The van der Waals surface area contributed by atoms with Gasteiger partial charge in [-0.05, 0) is 24.6 Å². The predicted octanol–water partition coefficient (Wildman–Crippen LogP) is 4.64. The second-order valence-corrected chi connectivity index (χ2v) is 4.82. The normalized spacial score (nSPS) is 11.9. The fraction of sp³-hybridized carbons (Fsp3) is 0.357. The van der Waals surface area contributed by atoms with E-state index in [1.165, 1.54) is 12.1 Å². The zero-order valence-corrected chi connectivity index (χ0v) is 11.8. The zero-order chi connectivity index (χ0) is 15.6. The molecule has 0 saturated carbocycles. The van der Waals surface area contributed by atoms with Crippen molar-refractivity contribution in [3.8, 4) is 5.75 Å². The van der Waals surface area contributed by atoms with Crippen LogP contribution < -0.4 is 10.4 Å². The van der Waals surface area contributed by atoms with E-state index in [1.807, 2.05) is 6.92 Å². The highest BCUT2D eigenvalue weighted by atomic mass is 35.5. The van der Waals surface area contributed by atoms with Gasteiger partial charge in [0.2, 0.25) is 0 Å². The summed E-state index contributed by atoms with van der Waals surface area (Å²) < 4.78 is 48.0. The lowest BCUT2D eigenvalue weighted by molar-refractivity contribution is -0.139. The summed E-state index contributed by atoms with van der Waals surface area (Å²) in [5, 5.41) is 0.0872. The van der Waals surface area contributed by atoms with Crippen LogP contribution in [0.4, 0.5) is 13.2 Å². The van der Waals surface area contributed by atoms with Crippen molar-refractivity contribution in [1.29, 1.82) is 0 Å². The molecular weight excluding hydrogens is 309 g/mol. The molecule has 1 aromatic carbocycles. The molecule has 2 aromatic rings. The van der Waals surface area contributed by atoms with Gasteiger partial charge < -0.3 is 9.15 Å². The fourth-order valence-corrected chi connectivity index (χ4v) is 2.03. The molecule has 0 atom stereocenters. The maximum Gasteiger partial charge on any atom is 0.423 e. The van der Waals surface area contributed by atoms with Crippen LogP contribution in [-0.2, 0) is 6.18 Å². The first-order valence-corrected chi connectivity index (χ1v) is 6.68. The number of hydrogen-bond acceptors (Lipinski definition) is 3. The van der Waals surface area contributed by atoms with Crippen LogP contribution in [-0.4, -0.2) is 6.61 Å². The van der Waals surface area contributed by atoms with Gasteiger partial charge in [-0.25, -0.2) is 4.79 Å². The highest BCUT2D eigenvalue weighted by molar-refractivity contribution is 6.36. The van der Waals surface area contributed by atoms with Crippen LogP contribution in [0.2, 0.25) is 5.02 Å². The third-order valence-corrected chi connectivity index (χ3v) is 3.23. The molecule has 21 heavy (non-hydrogen) atoms. The molecule has 0 spiro atoms. The molecule has 0 unspecified atom stereocenters. The van der Waals surface area contributed by atoms with Crippen LogP contribution in [0.25, 0.3) is 11.0 Å². The lowest BCUT2D eigenvalue weighted by atomic mass is 10.1. The summed E-state index contributed by atoms with van der Waals surface area (Å²) >= 11 is 6.02. The molecule has 0 aliphatic carbocycles. The Labute approximate surface area is 123 Å². The number of alkyl halides is 3. The number of halogens is 4. The Morgan fingerprint density at radius 2 is 2.05 bits per heavy atom. The lowest BCUT2D eigenvalue weighted by Crippen LogP contribution is -2.18. The van der Waals surface area contributed by atoms with Crippen LogP contribution in [0.5, 0.6) is 5.75 Å². The quantitative estimate of drug-likeness (QED) is 0.608. The Bertz CT molecular complexity index is 707. The summed E-state index contributed by atoms with van der Waals surface area (Å²) in [7, 11) is 0. The van der Waals surface area contributed by atoms with Gasteiger partial charge in [0.25, 0.3) is 0 Å². The van der Waals surface area contributed by atoms with Crippen molar-refractivity contribution < 1.29 is 22.3 Å². The van der Waals surface area contributed by atoms with Crippen molar-refractivity contribution in [2.45, 2.75) is 25.9 Å². The Morgan fingerprint density at radius 1 is 1.33 bits per heavy atom. The summed E-state index contributed by atoms with van der Waals surface area (Å²) in [4.78, 5) is 11.4. The molecule has 114 valence electrons. The van der Waals surface area contributed by atoms with Crippen LogP contribution in [0.15, 0.2) is 27.4 Å². The molecule has 0 amide bonds. The van der Waals surface area contributed by atoms with E-state index in [0.29, 0.717) is 6.61 Å². The van der Waals surface area contributed by atoms with E-state index in [1.54, 1.807) is 0 Å². The standard InChI is InChI=1S/C14H12ClF3O3/c1-2-3-6-20-10-5-4-8-7-9(14(16,17)18)13(19)21-12(8)11(10)15/h4-5,7H,2-3,6H2,1H3. The first-order valence-electron chi connectivity index (χ1n) is 6.31.